The highest BCUT2D eigenvalue weighted by atomic mass is 35.5. The van der Waals surface area contributed by atoms with E-state index in [1.807, 2.05) is 4.90 Å². The molecule has 2 aliphatic carbocycles. The Morgan fingerprint density at radius 3 is 2.41 bits per heavy atom. The molecule has 2 bridgehead atoms. The smallest absolute Gasteiger partial charge is 0.307 e. The lowest BCUT2D eigenvalue weighted by Crippen LogP contribution is -2.52. The van der Waals surface area contributed by atoms with Crippen LogP contribution in [0.4, 0.5) is 4.39 Å². The molecule has 4 atom stereocenters. The number of carboxylic acid groups (broad SMARTS) is 1. The maximum Gasteiger partial charge on any atom is 0.307 e. The van der Waals surface area contributed by atoms with E-state index in [1.54, 1.807) is 12.1 Å². The molecule has 0 radical (unpaired) electrons. The van der Waals surface area contributed by atoms with E-state index in [-0.39, 0.29) is 28.7 Å². The minimum Gasteiger partial charge on any atom is -0.481 e. The highest BCUT2D eigenvalue weighted by Gasteiger charge is 2.54. The van der Waals surface area contributed by atoms with Crippen LogP contribution in [0.5, 0.6) is 0 Å². The molecule has 27 heavy (non-hydrogen) atoms. The number of hydrogen-bond acceptors (Lipinski definition) is 3. The fraction of sp³-hybridized carbons (Fsp3) is 0.600. The van der Waals surface area contributed by atoms with Crippen molar-refractivity contribution in [3.05, 3.63) is 34.6 Å². The van der Waals surface area contributed by atoms with Crippen LogP contribution in [0.3, 0.4) is 0 Å². The van der Waals surface area contributed by atoms with E-state index in [0.717, 1.165) is 37.9 Å². The molecule has 0 spiro atoms. The van der Waals surface area contributed by atoms with Crippen molar-refractivity contribution in [3.8, 4) is 0 Å². The van der Waals surface area contributed by atoms with Crippen molar-refractivity contribution >= 4 is 23.5 Å². The zero-order valence-electron chi connectivity index (χ0n) is 15.1. The number of amides is 1. The second-order valence-corrected chi connectivity index (χ2v) is 8.48. The van der Waals surface area contributed by atoms with Crippen molar-refractivity contribution in [3.63, 3.8) is 0 Å². The van der Waals surface area contributed by atoms with E-state index < -0.39 is 17.7 Å². The molecule has 0 unspecified atom stereocenters. The number of halogens is 2. The molecule has 1 amide bonds. The van der Waals surface area contributed by atoms with Gasteiger partial charge in [-0.05, 0) is 48.8 Å². The molecule has 3 aliphatic rings. The van der Waals surface area contributed by atoms with Crippen molar-refractivity contribution in [1.29, 1.82) is 0 Å². The van der Waals surface area contributed by atoms with Crippen LogP contribution in [0, 0.1) is 29.5 Å². The van der Waals surface area contributed by atoms with Gasteiger partial charge < -0.3 is 10.0 Å². The number of fused-ring (bicyclic) bond motifs is 2. The van der Waals surface area contributed by atoms with Crippen LogP contribution in [-0.2, 0) is 16.1 Å². The first-order valence-electron chi connectivity index (χ1n) is 9.62. The number of rotatable bonds is 4. The zero-order valence-corrected chi connectivity index (χ0v) is 15.9. The van der Waals surface area contributed by atoms with Gasteiger partial charge in [0, 0.05) is 32.7 Å². The summed E-state index contributed by atoms with van der Waals surface area (Å²) >= 11 is 5.84. The van der Waals surface area contributed by atoms with E-state index in [0.29, 0.717) is 19.6 Å². The monoisotopic (exact) mass is 394 g/mol. The van der Waals surface area contributed by atoms with Crippen LogP contribution in [0.2, 0.25) is 5.02 Å². The minimum atomic E-state index is -0.813. The van der Waals surface area contributed by atoms with Gasteiger partial charge in [-0.25, -0.2) is 4.39 Å². The predicted octanol–water partition coefficient (Wildman–Crippen LogP) is 2.87. The molecule has 4 rings (SSSR count). The highest BCUT2D eigenvalue weighted by Crippen LogP contribution is 2.53. The molecule has 1 saturated heterocycles. The van der Waals surface area contributed by atoms with Gasteiger partial charge in [-0.3, -0.25) is 14.5 Å². The Kier molecular flexibility index (Phi) is 5.12. The summed E-state index contributed by atoms with van der Waals surface area (Å²) < 4.78 is 13.3. The van der Waals surface area contributed by atoms with Crippen LogP contribution in [0.25, 0.3) is 0 Å². The fourth-order valence-electron chi connectivity index (χ4n) is 5.24. The van der Waals surface area contributed by atoms with E-state index in [2.05, 4.69) is 4.90 Å². The van der Waals surface area contributed by atoms with Gasteiger partial charge >= 0.3 is 5.97 Å². The zero-order chi connectivity index (χ0) is 19.1. The van der Waals surface area contributed by atoms with Crippen LogP contribution < -0.4 is 0 Å². The molecule has 5 nitrogen and oxygen atoms in total. The highest BCUT2D eigenvalue weighted by molar-refractivity contribution is 6.30. The quantitative estimate of drug-likeness (QED) is 0.853. The molecule has 3 fully saturated rings. The standard InChI is InChI=1S/C20H24ClFN2O3/c21-15-9-12(1-4-16(15)22)11-23-5-7-24(8-6-23)19(25)17-13-2-3-14(10-13)18(17)20(26)27/h1,4,9,13-14,17-18H,2-3,5-8,10-11H2,(H,26,27)/t13-,14+,17-,18+/m0/s1. The fourth-order valence-corrected chi connectivity index (χ4v) is 5.44. The van der Waals surface area contributed by atoms with E-state index in [9.17, 15) is 19.1 Å². The molecule has 146 valence electrons. The Bertz CT molecular complexity index is 751. The first kappa shape index (κ1) is 18.7. The summed E-state index contributed by atoms with van der Waals surface area (Å²) in [6.07, 6.45) is 2.81. The maximum atomic E-state index is 13.3. The molecule has 2 saturated carbocycles. The molecule has 1 N–H and O–H groups in total. The van der Waals surface area contributed by atoms with Gasteiger partial charge in [-0.2, -0.15) is 0 Å². The van der Waals surface area contributed by atoms with Crippen molar-refractivity contribution in [2.75, 3.05) is 26.2 Å². The number of hydrogen-bond donors (Lipinski definition) is 1. The van der Waals surface area contributed by atoms with Crippen LogP contribution in [0.15, 0.2) is 18.2 Å². The Labute approximate surface area is 163 Å². The second-order valence-electron chi connectivity index (χ2n) is 8.07. The van der Waals surface area contributed by atoms with Gasteiger partial charge in [0.25, 0.3) is 0 Å². The van der Waals surface area contributed by atoms with E-state index in [4.69, 9.17) is 11.6 Å². The first-order valence-corrected chi connectivity index (χ1v) is 9.99. The van der Waals surface area contributed by atoms with Gasteiger partial charge in [-0.15, -0.1) is 0 Å². The number of benzene rings is 1. The van der Waals surface area contributed by atoms with Crippen LogP contribution in [0.1, 0.15) is 24.8 Å². The van der Waals surface area contributed by atoms with Gasteiger partial charge in [-0.1, -0.05) is 17.7 Å². The maximum absolute atomic E-state index is 13.3. The summed E-state index contributed by atoms with van der Waals surface area (Å²) in [5.41, 5.74) is 0.945. The molecule has 1 aliphatic heterocycles. The summed E-state index contributed by atoms with van der Waals surface area (Å²) in [6, 6.07) is 4.74. The van der Waals surface area contributed by atoms with Gasteiger partial charge in [0.05, 0.1) is 16.9 Å². The molecule has 1 aromatic rings. The average Bonchev–Trinajstić information content (AvgIpc) is 3.26. The molecular weight excluding hydrogens is 371 g/mol. The summed E-state index contributed by atoms with van der Waals surface area (Å²) in [5, 5.41) is 9.71. The minimum absolute atomic E-state index is 0.0269. The van der Waals surface area contributed by atoms with E-state index in [1.165, 1.54) is 6.07 Å². The number of piperazine rings is 1. The second kappa shape index (κ2) is 7.40. The molecular formula is C20H24ClFN2O3. The van der Waals surface area contributed by atoms with Crippen molar-refractivity contribution in [2.45, 2.75) is 25.8 Å². The Morgan fingerprint density at radius 2 is 1.78 bits per heavy atom. The Balaban J connectivity index is 1.35. The average molecular weight is 395 g/mol. The molecule has 1 heterocycles. The van der Waals surface area contributed by atoms with Crippen molar-refractivity contribution in [2.24, 2.45) is 23.7 Å². The SMILES string of the molecule is O=C(O)[C@@H]1[C@@H]2CC[C@@H](C2)[C@@H]1C(=O)N1CCN(Cc2ccc(F)c(Cl)c2)CC1. The summed E-state index contributed by atoms with van der Waals surface area (Å²) in [4.78, 5) is 28.8. The lowest BCUT2D eigenvalue weighted by molar-refractivity contribution is -0.153. The predicted molar refractivity (Wildman–Crippen MR) is 98.7 cm³/mol. The molecule has 1 aromatic carbocycles. The van der Waals surface area contributed by atoms with Gasteiger partial charge in [0.15, 0.2) is 0 Å². The Morgan fingerprint density at radius 1 is 1.11 bits per heavy atom. The number of aliphatic carboxylic acids is 1. The third kappa shape index (κ3) is 3.57. The third-order valence-corrected chi connectivity index (χ3v) is 6.85. The topological polar surface area (TPSA) is 60.9 Å². The molecule has 0 aromatic heterocycles. The van der Waals surface area contributed by atoms with E-state index >= 15 is 0 Å². The van der Waals surface area contributed by atoms with Crippen LogP contribution in [-0.4, -0.2) is 53.0 Å². The van der Waals surface area contributed by atoms with Gasteiger partial charge in [0.2, 0.25) is 5.91 Å². The lowest BCUT2D eigenvalue weighted by Gasteiger charge is -2.38. The summed E-state index contributed by atoms with van der Waals surface area (Å²) in [6.45, 7) is 3.31. The largest absolute Gasteiger partial charge is 0.481 e. The molecule has 7 heteroatoms. The van der Waals surface area contributed by atoms with Crippen LogP contribution >= 0.6 is 11.6 Å². The number of carboxylic acids is 1. The number of nitrogens with zero attached hydrogens (tertiary/aromatic N) is 2. The van der Waals surface area contributed by atoms with Gasteiger partial charge in [0.1, 0.15) is 5.82 Å². The number of carbonyl (C=O) groups is 2. The summed E-state index contributed by atoms with van der Waals surface area (Å²) in [5.74, 6) is -1.64. The third-order valence-electron chi connectivity index (χ3n) is 6.56. The summed E-state index contributed by atoms with van der Waals surface area (Å²) in [7, 11) is 0. The Hall–Kier alpha value is -1.66. The van der Waals surface area contributed by atoms with Crippen molar-refractivity contribution in [1.82, 2.24) is 9.80 Å². The first-order chi connectivity index (χ1) is 12.9. The lowest BCUT2D eigenvalue weighted by atomic mass is 9.78. The van der Waals surface area contributed by atoms with Crippen molar-refractivity contribution < 1.29 is 19.1 Å². The number of carbonyl (C=O) groups excluding carboxylic acids is 1. The normalized spacial score (nSPS) is 30.7.